The molecule has 0 spiro atoms. The highest BCUT2D eigenvalue weighted by molar-refractivity contribution is 6.10. The van der Waals surface area contributed by atoms with Gasteiger partial charge >= 0.3 is 6.03 Å². The highest BCUT2D eigenvalue weighted by Crippen LogP contribution is 2.29. The van der Waals surface area contributed by atoms with Crippen LogP contribution in [0.1, 0.15) is 25.0 Å². The van der Waals surface area contributed by atoms with Gasteiger partial charge in [0.05, 0.1) is 0 Å². The van der Waals surface area contributed by atoms with Gasteiger partial charge in [-0.15, -0.1) is 0 Å². The van der Waals surface area contributed by atoms with Gasteiger partial charge in [-0.25, -0.2) is 9.18 Å². The average molecular weight is 383 g/mol. The van der Waals surface area contributed by atoms with E-state index in [1.54, 1.807) is 26.0 Å². The zero-order valence-corrected chi connectivity index (χ0v) is 16.0. The second kappa shape index (κ2) is 7.42. The molecular formula is C21H22FN3O3. The lowest BCUT2D eigenvalue weighted by Gasteiger charge is -2.24. The smallest absolute Gasteiger partial charge is 0.319 e. The van der Waals surface area contributed by atoms with E-state index in [4.69, 9.17) is 0 Å². The molecule has 1 fully saturated rings. The lowest BCUT2D eigenvalue weighted by molar-refractivity contribution is -0.134. The molecule has 1 aliphatic heterocycles. The molecule has 0 radical (unpaired) electrons. The quantitative estimate of drug-likeness (QED) is 0.807. The molecule has 2 aromatic rings. The highest BCUT2D eigenvalue weighted by atomic mass is 19.1. The summed E-state index contributed by atoms with van der Waals surface area (Å²) in [5.74, 6) is -1.31. The number of nitrogens with one attached hydrogen (secondary N) is 1. The van der Waals surface area contributed by atoms with Crippen LogP contribution in [-0.4, -0.2) is 35.8 Å². The molecule has 1 atom stereocenters. The predicted molar refractivity (Wildman–Crippen MR) is 103 cm³/mol. The number of likely N-dealkylation sites (N-methyl/N-ethyl adjacent to an activating group) is 1. The number of nitrogens with zero attached hydrogens (tertiary/aromatic N) is 2. The van der Waals surface area contributed by atoms with Crippen molar-refractivity contribution >= 4 is 23.5 Å². The fraction of sp³-hybridized carbons (Fsp3) is 0.286. The standard InChI is InChI=1S/C21H22FN3O3/c1-4-24(17-11-9-16(22)10-12-17)18(26)13-25-19(27)21(3,23-20(25)28)15-7-5-14(2)6-8-15/h5-12H,4,13H2,1-3H3,(H,23,28). The number of rotatable bonds is 5. The van der Waals surface area contributed by atoms with Gasteiger partial charge in [-0.2, -0.15) is 0 Å². The Kier molecular flexibility index (Phi) is 5.18. The Hall–Kier alpha value is -3.22. The minimum atomic E-state index is -1.22. The molecule has 7 heteroatoms. The molecule has 3 rings (SSSR count). The number of aryl methyl sites for hydroxylation is 1. The van der Waals surface area contributed by atoms with Crippen LogP contribution >= 0.6 is 0 Å². The fourth-order valence-electron chi connectivity index (χ4n) is 3.27. The van der Waals surface area contributed by atoms with E-state index in [2.05, 4.69) is 5.32 Å². The number of halogens is 1. The van der Waals surface area contributed by atoms with Gasteiger partial charge in [0.25, 0.3) is 5.91 Å². The van der Waals surface area contributed by atoms with Crippen molar-refractivity contribution in [3.63, 3.8) is 0 Å². The van der Waals surface area contributed by atoms with Crippen molar-refractivity contribution in [3.8, 4) is 0 Å². The van der Waals surface area contributed by atoms with Crippen molar-refractivity contribution in [1.82, 2.24) is 10.2 Å². The van der Waals surface area contributed by atoms with E-state index in [1.165, 1.54) is 29.2 Å². The Bertz CT molecular complexity index is 911. The Balaban J connectivity index is 1.80. The average Bonchev–Trinajstić information content (AvgIpc) is 2.88. The summed E-state index contributed by atoms with van der Waals surface area (Å²) in [6, 6.07) is 12.2. The lowest BCUT2D eigenvalue weighted by atomic mass is 9.91. The molecule has 1 aliphatic rings. The summed E-state index contributed by atoms with van der Waals surface area (Å²) in [7, 11) is 0. The van der Waals surface area contributed by atoms with Crippen LogP contribution in [0.2, 0.25) is 0 Å². The Morgan fingerprint density at radius 2 is 1.71 bits per heavy atom. The molecule has 28 heavy (non-hydrogen) atoms. The van der Waals surface area contributed by atoms with Gasteiger partial charge in [-0.05, 0) is 50.6 Å². The van der Waals surface area contributed by atoms with Crippen LogP contribution in [-0.2, 0) is 15.1 Å². The maximum atomic E-state index is 13.1. The van der Waals surface area contributed by atoms with Gasteiger partial charge in [-0.3, -0.25) is 14.5 Å². The zero-order chi connectivity index (χ0) is 20.5. The molecule has 0 aromatic heterocycles. The Labute approximate surface area is 162 Å². The lowest BCUT2D eigenvalue weighted by Crippen LogP contribution is -2.44. The van der Waals surface area contributed by atoms with Crippen molar-refractivity contribution in [2.45, 2.75) is 26.3 Å². The van der Waals surface area contributed by atoms with Gasteiger partial charge in [0.15, 0.2) is 0 Å². The number of hydrogen-bond acceptors (Lipinski definition) is 3. The summed E-state index contributed by atoms with van der Waals surface area (Å²) in [5, 5.41) is 2.69. The molecule has 4 amide bonds. The number of hydrogen-bond donors (Lipinski definition) is 1. The van der Waals surface area contributed by atoms with Crippen LogP contribution in [0.3, 0.4) is 0 Å². The summed E-state index contributed by atoms with van der Waals surface area (Å²) in [6.07, 6.45) is 0. The number of imide groups is 1. The largest absolute Gasteiger partial charge is 0.325 e. The maximum Gasteiger partial charge on any atom is 0.325 e. The number of urea groups is 1. The molecule has 1 N–H and O–H groups in total. The van der Waals surface area contributed by atoms with Crippen molar-refractivity contribution < 1.29 is 18.8 Å². The first-order chi connectivity index (χ1) is 13.3. The molecule has 0 bridgehead atoms. The van der Waals surface area contributed by atoms with Gasteiger partial charge in [0, 0.05) is 12.2 Å². The monoisotopic (exact) mass is 383 g/mol. The third-order valence-electron chi connectivity index (χ3n) is 4.95. The van der Waals surface area contributed by atoms with E-state index in [-0.39, 0.29) is 0 Å². The molecule has 0 aliphatic carbocycles. The summed E-state index contributed by atoms with van der Waals surface area (Å²) >= 11 is 0. The molecule has 0 saturated carbocycles. The SMILES string of the molecule is CCN(C(=O)CN1C(=O)NC(C)(c2ccc(C)cc2)C1=O)c1ccc(F)cc1. The third kappa shape index (κ3) is 3.47. The number of anilines is 1. The van der Waals surface area contributed by atoms with Gasteiger partial charge in [0.2, 0.25) is 5.91 Å². The van der Waals surface area contributed by atoms with E-state index < -0.39 is 35.7 Å². The molecule has 1 heterocycles. The van der Waals surface area contributed by atoms with Crippen molar-refractivity contribution in [1.29, 1.82) is 0 Å². The van der Waals surface area contributed by atoms with Gasteiger partial charge in [0.1, 0.15) is 17.9 Å². The minimum Gasteiger partial charge on any atom is -0.319 e. The fourth-order valence-corrected chi connectivity index (χ4v) is 3.27. The van der Waals surface area contributed by atoms with E-state index in [1.807, 2.05) is 19.1 Å². The highest BCUT2D eigenvalue weighted by Gasteiger charge is 2.49. The first-order valence-corrected chi connectivity index (χ1v) is 9.03. The molecular weight excluding hydrogens is 361 g/mol. The van der Waals surface area contributed by atoms with Crippen LogP contribution in [0.25, 0.3) is 0 Å². The number of carbonyl (C=O) groups is 3. The number of amides is 4. The first-order valence-electron chi connectivity index (χ1n) is 9.03. The predicted octanol–water partition coefficient (Wildman–Crippen LogP) is 2.95. The van der Waals surface area contributed by atoms with Crippen LogP contribution in [0.5, 0.6) is 0 Å². The minimum absolute atomic E-state index is 0.323. The Morgan fingerprint density at radius 1 is 1.11 bits per heavy atom. The molecule has 1 saturated heterocycles. The maximum absolute atomic E-state index is 13.1. The van der Waals surface area contributed by atoms with Crippen LogP contribution in [0.4, 0.5) is 14.9 Å². The molecule has 146 valence electrons. The second-order valence-corrected chi connectivity index (χ2v) is 6.93. The summed E-state index contributed by atoms with van der Waals surface area (Å²) < 4.78 is 13.1. The van der Waals surface area contributed by atoms with E-state index in [9.17, 15) is 18.8 Å². The van der Waals surface area contributed by atoms with Crippen LogP contribution in [0.15, 0.2) is 48.5 Å². The van der Waals surface area contributed by atoms with Crippen molar-refractivity contribution in [3.05, 3.63) is 65.5 Å². The molecule has 1 unspecified atom stereocenters. The summed E-state index contributed by atoms with van der Waals surface area (Å²) in [6.45, 7) is 5.26. The topological polar surface area (TPSA) is 69.7 Å². The normalized spacial score (nSPS) is 18.9. The number of carbonyl (C=O) groups excluding carboxylic acids is 3. The molecule has 6 nitrogen and oxygen atoms in total. The van der Waals surface area contributed by atoms with Crippen LogP contribution in [0, 0.1) is 12.7 Å². The van der Waals surface area contributed by atoms with Gasteiger partial charge < -0.3 is 10.2 Å². The van der Waals surface area contributed by atoms with E-state index in [0.29, 0.717) is 17.8 Å². The summed E-state index contributed by atoms with van der Waals surface area (Å²) in [5.41, 5.74) is 0.964. The zero-order valence-electron chi connectivity index (χ0n) is 16.0. The van der Waals surface area contributed by atoms with Crippen molar-refractivity contribution in [2.75, 3.05) is 18.0 Å². The van der Waals surface area contributed by atoms with E-state index >= 15 is 0 Å². The summed E-state index contributed by atoms with van der Waals surface area (Å²) in [4.78, 5) is 40.5. The molecule has 2 aromatic carbocycles. The number of benzene rings is 2. The third-order valence-corrected chi connectivity index (χ3v) is 4.95. The van der Waals surface area contributed by atoms with E-state index in [0.717, 1.165) is 10.5 Å². The Morgan fingerprint density at radius 3 is 2.29 bits per heavy atom. The second-order valence-electron chi connectivity index (χ2n) is 6.93. The van der Waals surface area contributed by atoms with Gasteiger partial charge in [-0.1, -0.05) is 29.8 Å². The van der Waals surface area contributed by atoms with Crippen LogP contribution < -0.4 is 10.2 Å². The first kappa shape index (κ1) is 19.5. The van der Waals surface area contributed by atoms with Crippen molar-refractivity contribution in [2.24, 2.45) is 0 Å².